The number of nitrogens with one attached hydrogen (secondary N) is 1. The zero-order valence-corrected chi connectivity index (χ0v) is 15.7. The van der Waals surface area contributed by atoms with Crippen LogP contribution < -0.4 is 11.2 Å². The van der Waals surface area contributed by atoms with E-state index in [0.717, 1.165) is 16.9 Å². The predicted octanol–water partition coefficient (Wildman–Crippen LogP) is 2.73. The number of aromatic nitrogens is 4. The fourth-order valence-corrected chi connectivity index (χ4v) is 3.81. The first-order valence-electron chi connectivity index (χ1n) is 7.30. The molecule has 2 aromatic heterocycles. The van der Waals surface area contributed by atoms with E-state index in [2.05, 4.69) is 20.5 Å². The number of halogens is 1. The molecule has 0 bridgehead atoms. The van der Waals surface area contributed by atoms with Gasteiger partial charge in [0.1, 0.15) is 5.82 Å². The third-order valence-corrected chi connectivity index (χ3v) is 5.33. The standard InChI is InChI=1S/C15H15ClN6OS2/c1-9-20-21-15(22(9)17)24-8-13(23)19-14-18-7-12(25-14)6-10-3-2-4-11(16)5-10/h2-5,7H,6,8,17H2,1H3,(H,18,19,23). The molecular weight excluding hydrogens is 380 g/mol. The lowest BCUT2D eigenvalue weighted by atomic mass is 10.1. The molecule has 3 rings (SSSR count). The lowest BCUT2D eigenvalue weighted by Crippen LogP contribution is -2.16. The van der Waals surface area contributed by atoms with Crippen LogP contribution in [0.2, 0.25) is 5.02 Å². The number of carbonyl (C=O) groups is 1. The van der Waals surface area contributed by atoms with Crippen LogP contribution >= 0.6 is 34.7 Å². The van der Waals surface area contributed by atoms with Gasteiger partial charge in [-0.3, -0.25) is 4.79 Å². The van der Waals surface area contributed by atoms with Crippen molar-refractivity contribution in [2.45, 2.75) is 18.5 Å². The number of benzene rings is 1. The average Bonchev–Trinajstić information content (AvgIpc) is 3.13. The van der Waals surface area contributed by atoms with E-state index in [4.69, 9.17) is 17.4 Å². The van der Waals surface area contributed by atoms with Crippen molar-refractivity contribution in [3.05, 3.63) is 51.7 Å². The van der Waals surface area contributed by atoms with E-state index in [1.807, 2.05) is 24.3 Å². The molecule has 10 heteroatoms. The Balaban J connectivity index is 1.54. The second-order valence-corrected chi connectivity index (χ2v) is 7.67. The fourth-order valence-electron chi connectivity index (χ4n) is 2.03. The van der Waals surface area contributed by atoms with Crippen molar-refractivity contribution < 1.29 is 4.79 Å². The number of hydrogen-bond acceptors (Lipinski definition) is 7. The topological polar surface area (TPSA) is 98.7 Å². The first kappa shape index (κ1) is 17.7. The molecule has 1 amide bonds. The smallest absolute Gasteiger partial charge is 0.236 e. The molecule has 0 radical (unpaired) electrons. The van der Waals surface area contributed by atoms with Crippen LogP contribution in [0.25, 0.3) is 0 Å². The third kappa shape index (κ3) is 4.71. The number of thioether (sulfide) groups is 1. The van der Waals surface area contributed by atoms with Crippen molar-refractivity contribution in [2.75, 3.05) is 16.9 Å². The zero-order chi connectivity index (χ0) is 17.8. The fraction of sp³-hybridized carbons (Fsp3) is 0.200. The maximum atomic E-state index is 12.0. The minimum absolute atomic E-state index is 0.172. The Kier molecular flexibility index (Phi) is 5.57. The number of nitrogens with zero attached hydrogens (tertiary/aromatic N) is 4. The second-order valence-electron chi connectivity index (χ2n) is 5.18. The van der Waals surface area contributed by atoms with Gasteiger partial charge in [0.05, 0.1) is 5.75 Å². The van der Waals surface area contributed by atoms with Crippen molar-refractivity contribution in [3.8, 4) is 0 Å². The minimum atomic E-state index is -0.172. The lowest BCUT2D eigenvalue weighted by Gasteiger charge is -2.02. The van der Waals surface area contributed by atoms with Crippen LogP contribution in [-0.2, 0) is 11.2 Å². The molecule has 2 heterocycles. The maximum Gasteiger partial charge on any atom is 0.236 e. The molecule has 0 aliphatic rings. The molecule has 0 spiro atoms. The van der Waals surface area contributed by atoms with Crippen molar-refractivity contribution in [3.63, 3.8) is 0 Å². The monoisotopic (exact) mass is 394 g/mol. The van der Waals surface area contributed by atoms with Gasteiger partial charge in [-0.15, -0.1) is 21.5 Å². The highest BCUT2D eigenvalue weighted by atomic mass is 35.5. The van der Waals surface area contributed by atoms with Gasteiger partial charge in [-0.25, -0.2) is 9.66 Å². The molecule has 1 aromatic carbocycles. The van der Waals surface area contributed by atoms with Gasteiger partial charge in [0.25, 0.3) is 0 Å². The van der Waals surface area contributed by atoms with Gasteiger partial charge < -0.3 is 11.2 Å². The van der Waals surface area contributed by atoms with Crippen molar-refractivity contribution in [1.82, 2.24) is 19.9 Å². The highest BCUT2D eigenvalue weighted by Gasteiger charge is 2.11. The number of nitrogen functional groups attached to an aromatic ring is 1. The van der Waals surface area contributed by atoms with Gasteiger partial charge in [0, 0.05) is 22.5 Å². The van der Waals surface area contributed by atoms with Crippen LogP contribution in [0, 0.1) is 6.92 Å². The Morgan fingerprint density at radius 3 is 3.00 bits per heavy atom. The highest BCUT2D eigenvalue weighted by Crippen LogP contribution is 2.23. The molecule has 3 N–H and O–H groups in total. The summed E-state index contributed by atoms with van der Waals surface area (Å²) in [4.78, 5) is 17.3. The molecule has 0 saturated carbocycles. The third-order valence-electron chi connectivity index (χ3n) is 3.23. The molecule has 0 fully saturated rings. The Morgan fingerprint density at radius 1 is 1.44 bits per heavy atom. The van der Waals surface area contributed by atoms with E-state index in [0.29, 0.717) is 21.1 Å². The Bertz CT molecular complexity index is 894. The summed E-state index contributed by atoms with van der Waals surface area (Å²) in [5.74, 6) is 6.35. The van der Waals surface area contributed by atoms with Crippen molar-refractivity contribution in [1.29, 1.82) is 0 Å². The summed E-state index contributed by atoms with van der Waals surface area (Å²) >= 11 is 8.65. The van der Waals surface area contributed by atoms with Crippen molar-refractivity contribution in [2.24, 2.45) is 0 Å². The van der Waals surface area contributed by atoms with Crippen LogP contribution in [0.15, 0.2) is 35.6 Å². The van der Waals surface area contributed by atoms with Crippen LogP contribution in [0.3, 0.4) is 0 Å². The first-order chi connectivity index (χ1) is 12.0. The number of hydrogen-bond donors (Lipinski definition) is 2. The van der Waals surface area contributed by atoms with E-state index < -0.39 is 0 Å². The van der Waals surface area contributed by atoms with Gasteiger partial charge in [-0.05, 0) is 24.6 Å². The summed E-state index contributed by atoms with van der Waals surface area (Å²) < 4.78 is 1.35. The number of anilines is 1. The summed E-state index contributed by atoms with van der Waals surface area (Å²) in [5.41, 5.74) is 1.10. The Hall–Kier alpha value is -2.10. The molecule has 3 aromatic rings. The normalized spacial score (nSPS) is 10.8. The van der Waals surface area contributed by atoms with Gasteiger partial charge in [-0.1, -0.05) is 35.5 Å². The molecule has 130 valence electrons. The molecule has 0 saturated heterocycles. The summed E-state index contributed by atoms with van der Waals surface area (Å²) in [7, 11) is 0. The van der Waals surface area contributed by atoms with E-state index >= 15 is 0 Å². The summed E-state index contributed by atoms with van der Waals surface area (Å²) in [6, 6.07) is 7.67. The molecule has 0 unspecified atom stereocenters. The van der Waals surface area contributed by atoms with Gasteiger partial charge in [-0.2, -0.15) is 0 Å². The quantitative estimate of drug-likeness (QED) is 0.492. The number of aryl methyl sites for hydroxylation is 1. The molecular formula is C15H15ClN6OS2. The zero-order valence-electron chi connectivity index (χ0n) is 13.3. The SMILES string of the molecule is Cc1nnc(SCC(=O)Nc2ncc(Cc3cccc(Cl)c3)s2)n1N. The average molecular weight is 395 g/mol. The molecule has 0 aliphatic heterocycles. The van der Waals surface area contributed by atoms with Crippen LogP contribution in [0.5, 0.6) is 0 Å². The van der Waals surface area contributed by atoms with Crippen LogP contribution in [-0.4, -0.2) is 31.5 Å². The number of amides is 1. The largest absolute Gasteiger partial charge is 0.336 e. The van der Waals surface area contributed by atoms with Gasteiger partial charge >= 0.3 is 0 Å². The number of rotatable bonds is 6. The summed E-state index contributed by atoms with van der Waals surface area (Å²) in [5, 5.41) is 12.3. The summed E-state index contributed by atoms with van der Waals surface area (Å²) in [6.45, 7) is 1.74. The highest BCUT2D eigenvalue weighted by molar-refractivity contribution is 7.99. The number of nitrogens with two attached hydrogens (primary N) is 1. The Labute approximate surface area is 157 Å². The first-order valence-corrected chi connectivity index (χ1v) is 9.48. The Morgan fingerprint density at radius 2 is 2.28 bits per heavy atom. The predicted molar refractivity (Wildman–Crippen MR) is 101 cm³/mol. The van der Waals surface area contributed by atoms with Crippen LogP contribution in [0.1, 0.15) is 16.3 Å². The van der Waals surface area contributed by atoms with Gasteiger partial charge in [0.2, 0.25) is 11.1 Å². The number of carbonyl (C=O) groups excluding carboxylic acids is 1. The van der Waals surface area contributed by atoms with E-state index in [1.54, 1.807) is 13.1 Å². The molecule has 7 nitrogen and oxygen atoms in total. The molecule has 0 aliphatic carbocycles. The maximum absolute atomic E-state index is 12.0. The number of thiazole rings is 1. The second kappa shape index (κ2) is 7.85. The van der Waals surface area contributed by atoms with Crippen molar-refractivity contribution >= 4 is 45.7 Å². The molecule has 0 atom stereocenters. The van der Waals surface area contributed by atoms with Gasteiger partial charge in [0.15, 0.2) is 5.13 Å². The van der Waals surface area contributed by atoms with E-state index in [9.17, 15) is 4.79 Å². The van der Waals surface area contributed by atoms with E-state index in [1.165, 1.54) is 27.8 Å². The lowest BCUT2D eigenvalue weighted by molar-refractivity contribution is -0.113. The molecule has 25 heavy (non-hydrogen) atoms. The van der Waals surface area contributed by atoms with E-state index in [-0.39, 0.29) is 11.7 Å². The minimum Gasteiger partial charge on any atom is -0.336 e. The van der Waals surface area contributed by atoms with Crippen LogP contribution in [0.4, 0.5) is 5.13 Å². The summed E-state index contributed by atoms with van der Waals surface area (Å²) in [6.07, 6.45) is 2.48.